The van der Waals surface area contributed by atoms with Crippen LogP contribution in [0.1, 0.15) is 29.6 Å². The normalized spacial score (nSPS) is 16.4. The van der Waals surface area contributed by atoms with Crippen molar-refractivity contribution in [1.82, 2.24) is 4.90 Å². The van der Waals surface area contributed by atoms with E-state index >= 15 is 0 Å². The number of benzene rings is 2. The maximum Gasteiger partial charge on any atom is 0.349 e. The van der Waals surface area contributed by atoms with E-state index in [-0.39, 0.29) is 18.1 Å². The molecule has 2 aromatic carbocycles. The summed E-state index contributed by atoms with van der Waals surface area (Å²) in [6.07, 6.45) is 3.63. The maximum atomic E-state index is 12.8. The lowest BCUT2D eigenvalue weighted by Gasteiger charge is -2.33. The van der Waals surface area contributed by atoms with Crippen molar-refractivity contribution in [2.75, 3.05) is 43.0 Å². The number of hydrogen-bond donors (Lipinski definition) is 1. The number of nitrogens with one attached hydrogen (secondary N) is 1. The summed E-state index contributed by atoms with van der Waals surface area (Å²) in [6.45, 7) is 3.45. The van der Waals surface area contributed by atoms with E-state index in [0.29, 0.717) is 34.6 Å². The van der Waals surface area contributed by atoms with Gasteiger partial charge in [0.15, 0.2) is 6.61 Å². The second-order valence-electron chi connectivity index (χ2n) is 8.36. The van der Waals surface area contributed by atoms with Crippen molar-refractivity contribution in [1.29, 1.82) is 0 Å². The van der Waals surface area contributed by atoms with Gasteiger partial charge in [0.25, 0.3) is 11.8 Å². The van der Waals surface area contributed by atoms with Gasteiger partial charge in [0.2, 0.25) is 0 Å². The molecule has 33 heavy (non-hydrogen) atoms. The summed E-state index contributed by atoms with van der Waals surface area (Å²) in [4.78, 5) is 41.8. The Labute approximate surface area is 190 Å². The summed E-state index contributed by atoms with van der Waals surface area (Å²) in [5.41, 5.74) is 0.721. The topological polar surface area (TPSA) is 92.1 Å². The Kier molecular flexibility index (Phi) is 5.83. The Balaban J connectivity index is 1.36. The van der Waals surface area contributed by atoms with Crippen molar-refractivity contribution in [3.8, 4) is 5.75 Å². The van der Waals surface area contributed by atoms with E-state index in [9.17, 15) is 14.4 Å². The van der Waals surface area contributed by atoms with Crippen molar-refractivity contribution in [3.63, 3.8) is 0 Å². The number of piperidine rings is 1. The van der Waals surface area contributed by atoms with Crippen LogP contribution in [0.4, 0.5) is 11.4 Å². The lowest BCUT2D eigenvalue weighted by atomic mass is 10.1. The first-order chi connectivity index (χ1) is 16.1. The fraction of sp³-hybridized carbons (Fsp3) is 0.320. The molecule has 8 nitrogen and oxygen atoms in total. The van der Waals surface area contributed by atoms with Crippen LogP contribution in [0.5, 0.6) is 5.75 Å². The minimum Gasteiger partial charge on any atom is -0.482 e. The lowest BCUT2D eigenvalue weighted by molar-refractivity contribution is -0.121. The van der Waals surface area contributed by atoms with Crippen molar-refractivity contribution in [3.05, 3.63) is 64.5 Å². The molecular formula is C25H25N3O5. The minimum atomic E-state index is -0.703. The molecule has 3 heterocycles. The van der Waals surface area contributed by atoms with Crippen molar-refractivity contribution in [2.45, 2.75) is 19.3 Å². The maximum absolute atomic E-state index is 12.8. The van der Waals surface area contributed by atoms with Crippen LogP contribution in [-0.2, 0) is 4.79 Å². The fourth-order valence-corrected chi connectivity index (χ4v) is 4.37. The van der Waals surface area contributed by atoms with E-state index in [1.54, 1.807) is 41.3 Å². The molecular weight excluding hydrogens is 422 g/mol. The molecule has 0 bridgehead atoms. The number of rotatable bonds is 5. The van der Waals surface area contributed by atoms with Gasteiger partial charge in [-0.25, -0.2) is 4.79 Å². The van der Waals surface area contributed by atoms with E-state index in [4.69, 9.17) is 9.15 Å². The summed E-state index contributed by atoms with van der Waals surface area (Å²) in [5.74, 6) is -0.0907. The monoisotopic (exact) mass is 447 g/mol. The molecule has 2 aliphatic rings. The van der Waals surface area contributed by atoms with Crippen LogP contribution >= 0.6 is 0 Å². The molecule has 1 fully saturated rings. The Hall–Kier alpha value is -3.65. The molecule has 0 aliphatic carbocycles. The Morgan fingerprint density at radius 1 is 0.970 bits per heavy atom. The van der Waals surface area contributed by atoms with Crippen LogP contribution in [0.3, 0.4) is 0 Å². The summed E-state index contributed by atoms with van der Waals surface area (Å²) in [7, 11) is 0. The summed E-state index contributed by atoms with van der Waals surface area (Å²) in [6, 6.07) is 13.7. The van der Waals surface area contributed by atoms with Gasteiger partial charge >= 0.3 is 5.63 Å². The van der Waals surface area contributed by atoms with Gasteiger partial charge in [-0.15, -0.1) is 0 Å². The number of carbonyl (C=O) groups excluding carboxylic acids is 2. The molecule has 1 saturated heterocycles. The van der Waals surface area contributed by atoms with Gasteiger partial charge in [-0.2, -0.15) is 0 Å². The number of likely N-dealkylation sites (tertiary alicyclic amines) is 1. The van der Waals surface area contributed by atoms with Gasteiger partial charge < -0.3 is 24.3 Å². The molecule has 8 heteroatoms. The molecule has 0 spiro atoms. The molecule has 2 aliphatic heterocycles. The molecule has 1 aromatic heterocycles. The SMILES string of the molecule is O=C(Nc1ccc2c(c1)N(CCN1CCCCC1)C(=O)CO2)c1cc2ccccc2oc1=O. The zero-order valence-corrected chi connectivity index (χ0v) is 18.2. The second-order valence-corrected chi connectivity index (χ2v) is 8.36. The van der Waals surface area contributed by atoms with Crippen LogP contribution in [0, 0.1) is 0 Å². The van der Waals surface area contributed by atoms with E-state index in [2.05, 4.69) is 10.2 Å². The third kappa shape index (κ3) is 4.47. The first kappa shape index (κ1) is 21.2. The Bertz CT molecular complexity index is 1260. The van der Waals surface area contributed by atoms with Gasteiger partial charge in [-0.05, 0) is 56.3 Å². The molecule has 0 saturated carbocycles. The van der Waals surface area contributed by atoms with Gasteiger partial charge in [0.05, 0.1) is 5.69 Å². The highest BCUT2D eigenvalue weighted by Crippen LogP contribution is 2.34. The van der Waals surface area contributed by atoms with E-state index in [0.717, 1.165) is 19.6 Å². The van der Waals surface area contributed by atoms with Gasteiger partial charge in [-0.1, -0.05) is 24.6 Å². The number of nitrogens with zero attached hydrogens (tertiary/aromatic N) is 2. The third-order valence-electron chi connectivity index (χ3n) is 6.13. The predicted molar refractivity (Wildman–Crippen MR) is 125 cm³/mol. The van der Waals surface area contributed by atoms with E-state index in [1.807, 2.05) is 6.07 Å². The number of para-hydroxylation sites is 1. The van der Waals surface area contributed by atoms with Crippen LogP contribution in [0.2, 0.25) is 0 Å². The zero-order chi connectivity index (χ0) is 22.8. The number of ether oxygens (including phenoxy) is 1. The summed E-state index contributed by atoms with van der Waals surface area (Å²) < 4.78 is 10.9. The molecule has 170 valence electrons. The Morgan fingerprint density at radius 3 is 2.64 bits per heavy atom. The number of carbonyl (C=O) groups is 2. The van der Waals surface area contributed by atoms with Gasteiger partial charge in [0.1, 0.15) is 16.9 Å². The smallest absolute Gasteiger partial charge is 0.349 e. The highest BCUT2D eigenvalue weighted by atomic mass is 16.5. The zero-order valence-electron chi connectivity index (χ0n) is 18.2. The predicted octanol–water partition coefficient (Wildman–Crippen LogP) is 3.26. The highest BCUT2D eigenvalue weighted by Gasteiger charge is 2.27. The lowest BCUT2D eigenvalue weighted by Crippen LogP contribution is -2.44. The second kappa shape index (κ2) is 9.07. The molecule has 3 aromatic rings. The third-order valence-corrected chi connectivity index (χ3v) is 6.13. The standard InChI is InChI=1S/C25H25N3O5/c29-23-16-32-22-9-8-18(15-20(22)28(23)13-12-27-10-4-1-5-11-27)26-24(30)19-14-17-6-2-3-7-21(17)33-25(19)31/h2-3,6-9,14-15H,1,4-5,10-13,16H2,(H,26,30). The molecule has 0 atom stereocenters. The van der Waals surface area contributed by atoms with Crippen molar-refractivity contribution >= 4 is 34.2 Å². The largest absolute Gasteiger partial charge is 0.482 e. The Morgan fingerprint density at radius 2 is 1.79 bits per heavy atom. The van der Waals surface area contributed by atoms with Crippen LogP contribution in [0.15, 0.2) is 57.7 Å². The molecule has 1 N–H and O–H groups in total. The highest BCUT2D eigenvalue weighted by molar-refractivity contribution is 6.06. The number of fused-ring (bicyclic) bond motifs is 2. The van der Waals surface area contributed by atoms with Crippen LogP contribution < -0.4 is 20.6 Å². The quantitative estimate of drug-likeness (QED) is 0.604. The van der Waals surface area contributed by atoms with E-state index in [1.165, 1.54) is 25.3 Å². The fourth-order valence-electron chi connectivity index (χ4n) is 4.37. The first-order valence-corrected chi connectivity index (χ1v) is 11.2. The molecule has 0 radical (unpaired) electrons. The van der Waals surface area contributed by atoms with Crippen molar-refractivity contribution in [2.24, 2.45) is 0 Å². The average molecular weight is 447 g/mol. The average Bonchev–Trinajstić information content (AvgIpc) is 2.83. The van der Waals surface area contributed by atoms with Gasteiger partial charge in [-0.3, -0.25) is 9.59 Å². The van der Waals surface area contributed by atoms with Crippen LogP contribution in [-0.4, -0.2) is 49.5 Å². The van der Waals surface area contributed by atoms with Crippen LogP contribution in [0.25, 0.3) is 11.0 Å². The summed E-state index contributed by atoms with van der Waals surface area (Å²) in [5, 5.41) is 3.41. The molecule has 2 amide bonds. The van der Waals surface area contributed by atoms with E-state index < -0.39 is 11.5 Å². The molecule has 0 unspecified atom stereocenters. The minimum absolute atomic E-state index is 0.00313. The number of amides is 2. The number of hydrogen-bond acceptors (Lipinski definition) is 6. The molecule has 5 rings (SSSR count). The number of anilines is 2. The summed E-state index contributed by atoms with van der Waals surface area (Å²) >= 11 is 0. The first-order valence-electron chi connectivity index (χ1n) is 11.2. The van der Waals surface area contributed by atoms with Gasteiger partial charge in [0, 0.05) is 24.2 Å². The van der Waals surface area contributed by atoms with Crippen molar-refractivity contribution < 1.29 is 18.7 Å².